The highest BCUT2D eigenvalue weighted by Crippen LogP contribution is 1.79. The van der Waals surface area contributed by atoms with Crippen LogP contribution in [-0.4, -0.2) is 24.3 Å². The Balaban J connectivity index is 3.40. The number of aliphatic hydroxyl groups is 1. The van der Waals surface area contributed by atoms with E-state index < -0.39 is 0 Å². The van der Waals surface area contributed by atoms with Crippen molar-refractivity contribution in [3.8, 4) is 11.8 Å². The molecule has 0 bridgehead atoms. The molecule has 1 atom stereocenters. The molecule has 0 radical (unpaired) electrons. The van der Waals surface area contributed by atoms with E-state index >= 15 is 0 Å². The van der Waals surface area contributed by atoms with Gasteiger partial charge in [-0.1, -0.05) is 12.0 Å². The van der Waals surface area contributed by atoms with Gasteiger partial charge in [-0.3, -0.25) is 5.32 Å². The molecule has 2 N–H and O–H groups in total. The average Bonchev–Trinajstić information content (AvgIpc) is 1.99. The molecule has 0 aliphatic heterocycles. The number of aliphatic hydroxyl groups excluding tert-OH is 1. The van der Waals surface area contributed by atoms with Gasteiger partial charge in [0.15, 0.2) is 0 Å². The van der Waals surface area contributed by atoms with Crippen molar-refractivity contribution in [2.75, 3.05) is 13.2 Å². The zero-order valence-electron chi connectivity index (χ0n) is 6.22. The maximum absolute atomic E-state index is 8.64. The minimum Gasteiger partial charge on any atom is -0.394 e. The molecule has 0 aliphatic rings. The van der Waals surface area contributed by atoms with Crippen LogP contribution in [0.15, 0.2) is 12.7 Å². The van der Waals surface area contributed by atoms with Crippen LogP contribution >= 0.6 is 0 Å². The molecular weight excluding hydrogens is 126 g/mol. The van der Waals surface area contributed by atoms with E-state index in [1.165, 1.54) is 0 Å². The monoisotopic (exact) mass is 139 g/mol. The summed E-state index contributed by atoms with van der Waals surface area (Å²) in [7, 11) is 0. The van der Waals surface area contributed by atoms with E-state index in [4.69, 9.17) is 5.11 Å². The van der Waals surface area contributed by atoms with Gasteiger partial charge in [-0.25, -0.2) is 0 Å². The summed E-state index contributed by atoms with van der Waals surface area (Å²) in [6, 6.07) is -0.0270. The van der Waals surface area contributed by atoms with E-state index in [1.54, 1.807) is 13.0 Å². The first-order valence-electron chi connectivity index (χ1n) is 3.21. The van der Waals surface area contributed by atoms with Crippen molar-refractivity contribution >= 4 is 0 Å². The minimum absolute atomic E-state index is 0.0270. The van der Waals surface area contributed by atoms with Gasteiger partial charge in [-0.05, 0) is 6.92 Å². The Labute approximate surface area is 61.9 Å². The molecule has 0 spiro atoms. The third kappa shape index (κ3) is 4.13. The second-order valence-electron chi connectivity index (χ2n) is 1.83. The summed E-state index contributed by atoms with van der Waals surface area (Å²) in [4.78, 5) is 0. The topological polar surface area (TPSA) is 32.3 Å². The molecule has 0 aromatic heterocycles. The molecule has 0 rings (SSSR count). The van der Waals surface area contributed by atoms with Gasteiger partial charge < -0.3 is 5.11 Å². The Bertz CT molecular complexity index is 143. The molecule has 0 aliphatic carbocycles. The van der Waals surface area contributed by atoms with Crippen LogP contribution in [0.5, 0.6) is 0 Å². The van der Waals surface area contributed by atoms with Crippen LogP contribution in [0, 0.1) is 11.8 Å². The van der Waals surface area contributed by atoms with E-state index in [2.05, 4.69) is 23.7 Å². The molecule has 0 aromatic rings. The summed E-state index contributed by atoms with van der Waals surface area (Å²) >= 11 is 0. The molecule has 0 fully saturated rings. The van der Waals surface area contributed by atoms with Gasteiger partial charge in [0.1, 0.15) is 0 Å². The summed E-state index contributed by atoms with van der Waals surface area (Å²) in [5.41, 5.74) is 0. The zero-order valence-corrected chi connectivity index (χ0v) is 6.22. The summed E-state index contributed by atoms with van der Waals surface area (Å²) in [6.07, 6.45) is 1.66. The SMILES string of the molecule is C=CC(CO)NCC#CC. The molecule has 2 heteroatoms. The fraction of sp³-hybridized carbons (Fsp3) is 0.500. The Morgan fingerprint density at radius 1 is 1.80 bits per heavy atom. The molecule has 0 heterocycles. The maximum atomic E-state index is 8.64. The molecular formula is C8H13NO. The molecule has 10 heavy (non-hydrogen) atoms. The minimum atomic E-state index is -0.0270. The molecule has 0 aromatic carbocycles. The van der Waals surface area contributed by atoms with Crippen LogP contribution < -0.4 is 5.32 Å². The summed E-state index contributed by atoms with van der Waals surface area (Å²) in [6.45, 7) is 6.00. The van der Waals surface area contributed by atoms with E-state index in [9.17, 15) is 0 Å². The predicted molar refractivity (Wildman–Crippen MR) is 42.5 cm³/mol. The maximum Gasteiger partial charge on any atom is 0.0620 e. The van der Waals surface area contributed by atoms with Crippen LogP contribution in [0.4, 0.5) is 0 Å². The number of nitrogens with one attached hydrogen (secondary N) is 1. The van der Waals surface area contributed by atoms with Crippen molar-refractivity contribution in [3.05, 3.63) is 12.7 Å². The number of hydrogen-bond donors (Lipinski definition) is 2. The van der Waals surface area contributed by atoms with Crippen LogP contribution in [0.3, 0.4) is 0 Å². The van der Waals surface area contributed by atoms with Crippen LogP contribution in [0.1, 0.15) is 6.92 Å². The Morgan fingerprint density at radius 2 is 2.50 bits per heavy atom. The van der Waals surface area contributed by atoms with Gasteiger partial charge in [0, 0.05) is 6.04 Å². The summed E-state index contributed by atoms with van der Waals surface area (Å²) < 4.78 is 0. The van der Waals surface area contributed by atoms with Gasteiger partial charge in [0.25, 0.3) is 0 Å². The lowest BCUT2D eigenvalue weighted by molar-refractivity contribution is 0.268. The van der Waals surface area contributed by atoms with Crippen LogP contribution in [0.2, 0.25) is 0 Å². The highest BCUT2D eigenvalue weighted by molar-refractivity contribution is 4.99. The second-order valence-corrected chi connectivity index (χ2v) is 1.83. The van der Waals surface area contributed by atoms with Crippen molar-refractivity contribution < 1.29 is 5.11 Å². The predicted octanol–water partition coefficient (Wildman–Crippen LogP) is 0.146. The number of hydrogen-bond acceptors (Lipinski definition) is 2. The quantitative estimate of drug-likeness (QED) is 0.429. The molecule has 0 saturated heterocycles. The van der Waals surface area contributed by atoms with E-state index in [0.29, 0.717) is 6.54 Å². The lowest BCUT2D eigenvalue weighted by Crippen LogP contribution is -2.30. The van der Waals surface area contributed by atoms with Gasteiger partial charge in [0.05, 0.1) is 13.2 Å². The first-order chi connectivity index (χ1) is 4.85. The fourth-order valence-corrected chi connectivity index (χ4v) is 0.493. The molecule has 56 valence electrons. The Kier molecular flexibility index (Phi) is 5.85. The van der Waals surface area contributed by atoms with E-state index in [1.807, 2.05) is 0 Å². The van der Waals surface area contributed by atoms with Gasteiger partial charge in [0.2, 0.25) is 0 Å². The molecule has 1 unspecified atom stereocenters. The third-order valence-corrected chi connectivity index (χ3v) is 1.11. The van der Waals surface area contributed by atoms with Crippen LogP contribution in [0.25, 0.3) is 0 Å². The van der Waals surface area contributed by atoms with Crippen LogP contribution in [-0.2, 0) is 0 Å². The lowest BCUT2D eigenvalue weighted by atomic mass is 10.3. The zero-order chi connectivity index (χ0) is 7.82. The first-order valence-corrected chi connectivity index (χ1v) is 3.21. The normalized spacial score (nSPS) is 11.4. The molecule has 0 saturated carbocycles. The van der Waals surface area contributed by atoms with Crippen molar-refractivity contribution in [1.82, 2.24) is 5.32 Å². The van der Waals surface area contributed by atoms with Crippen molar-refractivity contribution in [3.63, 3.8) is 0 Å². The van der Waals surface area contributed by atoms with Gasteiger partial charge >= 0.3 is 0 Å². The Morgan fingerprint density at radius 3 is 2.90 bits per heavy atom. The standard InChI is InChI=1S/C8H13NO/c1-3-5-6-9-8(4-2)7-10/h4,8-10H,2,6-7H2,1H3. The summed E-state index contributed by atoms with van der Waals surface area (Å²) in [5, 5.41) is 11.6. The third-order valence-electron chi connectivity index (χ3n) is 1.11. The van der Waals surface area contributed by atoms with Gasteiger partial charge in [-0.2, -0.15) is 0 Å². The highest BCUT2D eigenvalue weighted by Gasteiger charge is 1.96. The molecule has 2 nitrogen and oxygen atoms in total. The van der Waals surface area contributed by atoms with Crippen molar-refractivity contribution in [2.45, 2.75) is 13.0 Å². The highest BCUT2D eigenvalue weighted by atomic mass is 16.3. The van der Waals surface area contributed by atoms with Crippen molar-refractivity contribution in [2.24, 2.45) is 0 Å². The van der Waals surface area contributed by atoms with Gasteiger partial charge in [-0.15, -0.1) is 12.5 Å². The Hall–Kier alpha value is -0.780. The lowest BCUT2D eigenvalue weighted by Gasteiger charge is -2.07. The van der Waals surface area contributed by atoms with E-state index in [-0.39, 0.29) is 12.6 Å². The summed E-state index contributed by atoms with van der Waals surface area (Å²) in [5.74, 6) is 5.57. The van der Waals surface area contributed by atoms with E-state index in [0.717, 1.165) is 0 Å². The smallest absolute Gasteiger partial charge is 0.0620 e. The first kappa shape index (κ1) is 9.22. The van der Waals surface area contributed by atoms with Crippen molar-refractivity contribution in [1.29, 1.82) is 0 Å². The second kappa shape index (κ2) is 6.34. The average molecular weight is 139 g/mol. The number of rotatable bonds is 4. The largest absolute Gasteiger partial charge is 0.394 e. The fourth-order valence-electron chi connectivity index (χ4n) is 0.493. The molecule has 0 amide bonds.